The predicted molar refractivity (Wildman–Crippen MR) is 64.9 cm³/mol. The SMILES string of the molecule is CCN(C1CCCCC1)C1(CN)CCC1. The van der Waals surface area contributed by atoms with E-state index in [1.807, 2.05) is 0 Å². The van der Waals surface area contributed by atoms with Gasteiger partial charge in [0.1, 0.15) is 0 Å². The van der Waals surface area contributed by atoms with Gasteiger partial charge in [0.25, 0.3) is 0 Å². The van der Waals surface area contributed by atoms with Crippen molar-refractivity contribution >= 4 is 0 Å². The van der Waals surface area contributed by atoms with Crippen LogP contribution < -0.4 is 5.73 Å². The van der Waals surface area contributed by atoms with Crippen molar-refractivity contribution in [2.75, 3.05) is 13.1 Å². The van der Waals surface area contributed by atoms with E-state index in [4.69, 9.17) is 5.73 Å². The third-order valence-electron chi connectivity index (χ3n) is 4.63. The summed E-state index contributed by atoms with van der Waals surface area (Å²) in [6.07, 6.45) is 11.2. The smallest absolute Gasteiger partial charge is 0.0334 e. The van der Waals surface area contributed by atoms with E-state index < -0.39 is 0 Å². The topological polar surface area (TPSA) is 29.3 Å². The summed E-state index contributed by atoms with van der Waals surface area (Å²) in [5.74, 6) is 0. The van der Waals surface area contributed by atoms with Gasteiger partial charge in [0.15, 0.2) is 0 Å². The number of hydrogen-bond donors (Lipinski definition) is 1. The lowest BCUT2D eigenvalue weighted by molar-refractivity contribution is -0.0183. The second-order valence-electron chi connectivity index (χ2n) is 5.36. The van der Waals surface area contributed by atoms with Crippen molar-refractivity contribution in [3.8, 4) is 0 Å². The van der Waals surface area contributed by atoms with Crippen LogP contribution >= 0.6 is 0 Å². The van der Waals surface area contributed by atoms with Gasteiger partial charge in [0.05, 0.1) is 0 Å². The molecule has 88 valence electrons. The van der Waals surface area contributed by atoms with E-state index in [9.17, 15) is 0 Å². The van der Waals surface area contributed by atoms with Crippen LogP contribution in [0.4, 0.5) is 0 Å². The average molecular weight is 210 g/mol. The Morgan fingerprint density at radius 2 is 1.80 bits per heavy atom. The van der Waals surface area contributed by atoms with Gasteiger partial charge in [-0.1, -0.05) is 26.2 Å². The molecule has 0 aromatic rings. The molecular weight excluding hydrogens is 184 g/mol. The molecule has 0 radical (unpaired) electrons. The Morgan fingerprint density at radius 3 is 2.20 bits per heavy atom. The summed E-state index contributed by atoms with van der Waals surface area (Å²) in [6, 6.07) is 0.840. The molecule has 2 rings (SSSR count). The molecule has 2 N–H and O–H groups in total. The van der Waals surface area contributed by atoms with Gasteiger partial charge in [-0.05, 0) is 38.6 Å². The van der Waals surface area contributed by atoms with E-state index >= 15 is 0 Å². The summed E-state index contributed by atoms with van der Waals surface area (Å²) < 4.78 is 0. The zero-order chi connectivity index (χ0) is 10.7. The molecule has 0 heterocycles. The van der Waals surface area contributed by atoms with Crippen LogP contribution in [0.15, 0.2) is 0 Å². The fraction of sp³-hybridized carbons (Fsp3) is 1.00. The molecule has 0 aliphatic heterocycles. The van der Waals surface area contributed by atoms with E-state index in [0.717, 1.165) is 12.6 Å². The van der Waals surface area contributed by atoms with Crippen molar-refractivity contribution in [1.29, 1.82) is 0 Å². The van der Waals surface area contributed by atoms with E-state index in [-0.39, 0.29) is 0 Å². The Labute approximate surface area is 94.2 Å². The van der Waals surface area contributed by atoms with Crippen molar-refractivity contribution in [2.45, 2.75) is 69.9 Å². The molecule has 2 nitrogen and oxygen atoms in total. The molecule has 2 heteroatoms. The Kier molecular flexibility index (Phi) is 3.68. The lowest BCUT2D eigenvalue weighted by Gasteiger charge is -2.53. The van der Waals surface area contributed by atoms with Crippen LogP contribution in [-0.4, -0.2) is 29.6 Å². The second kappa shape index (κ2) is 4.84. The molecule has 0 amide bonds. The van der Waals surface area contributed by atoms with Gasteiger partial charge in [-0.15, -0.1) is 0 Å². The van der Waals surface area contributed by atoms with Crippen LogP contribution in [0.5, 0.6) is 0 Å². The summed E-state index contributed by atoms with van der Waals surface area (Å²) in [6.45, 7) is 4.38. The molecular formula is C13H26N2. The van der Waals surface area contributed by atoms with Crippen LogP contribution in [-0.2, 0) is 0 Å². The number of nitrogens with zero attached hydrogens (tertiary/aromatic N) is 1. The Balaban J connectivity index is 2.01. The van der Waals surface area contributed by atoms with Gasteiger partial charge in [0.2, 0.25) is 0 Å². The molecule has 0 spiro atoms. The maximum absolute atomic E-state index is 6.01. The first-order chi connectivity index (χ1) is 7.32. The quantitative estimate of drug-likeness (QED) is 0.772. The molecule has 2 fully saturated rings. The van der Waals surface area contributed by atoms with Crippen LogP contribution in [0, 0.1) is 0 Å². The maximum Gasteiger partial charge on any atom is 0.0334 e. The minimum absolute atomic E-state index is 0.400. The zero-order valence-corrected chi connectivity index (χ0v) is 10.2. The minimum Gasteiger partial charge on any atom is -0.329 e. The van der Waals surface area contributed by atoms with Crippen molar-refractivity contribution < 1.29 is 0 Å². The van der Waals surface area contributed by atoms with Gasteiger partial charge in [0, 0.05) is 18.1 Å². The molecule has 2 aliphatic rings. The third-order valence-corrected chi connectivity index (χ3v) is 4.63. The van der Waals surface area contributed by atoms with E-state index in [0.29, 0.717) is 5.54 Å². The molecule has 0 atom stereocenters. The van der Waals surface area contributed by atoms with Gasteiger partial charge in [-0.25, -0.2) is 0 Å². The largest absolute Gasteiger partial charge is 0.329 e. The molecule has 0 aromatic heterocycles. The number of nitrogens with two attached hydrogens (primary N) is 1. The van der Waals surface area contributed by atoms with Gasteiger partial charge < -0.3 is 5.73 Å². The third kappa shape index (κ3) is 2.07. The molecule has 0 bridgehead atoms. The Hall–Kier alpha value is -0.0800. The summed E-state index contributed by atoms with van der Waals surface area (Å²) in [4.78, 5) is 2.75. The Bertz CT molecular complexity index is 187. The average Bonchev–Trinajstić information content (AvgIpc) is 2.24. The summed E-state index contributed by atoms with van der Waals surface area (Å²) >= 11 is 0. The molecule has 0 aromatic carbocycles. The van der Waals surface area contributed by atoms with Crippen molar-refractivity contribution in [3.63, 3.8) is 0 Å². The van der Waals surface area contributed by atoms with Crippen LogP contribution in [0.25, 0.3) is 0 Å². The number of hydrogen-bond acceptors (Lipinski definition) is 2. The highest BCUT2D eigenvalue weighted by atomic mass is 15.2. The lowest BCUT2D eigenvalue weighted by atomic mass is 9.73. The van der Waals surface area contributed by atoms with Gasteiger partial charge in [-0.3, -0.25) is 4.90 Å². The first kappa shape index (κ1) is 11.4. The monoisotopic (exact) mass is 210 g/mol. The van der Waals surface area contributed by atoms with E-state index in [1.54, 1.807) is 0 Å². The maximum atomic E-state index is 6.01. The first-order valence-corrected chi connectivity index (χ1v) is 6.79. The van der Waals surface area contributed by atoms with Crippen molar-refractivity contribution in [2.24, 2.45) is 5.73 Å². The molecule has 0 unspecified atom stereocenters. The zero-order valence-electron chi connectivity index (χ0n) is 10.2. The summed E-state index contributed by atoms with van der Waals surface area (Å²) in [5, 5.41) is 0. The number of rotatable bonds is 4. The van der Waals surface area contributed by atoms with Gasteiger partial charge >= 0.3 is 0 Å². The molecule has 2 saturated carbocycles. The lowest BCUT2D eigenvalue weighted by Crippen LogP contribution is -2.61. The van der Waals surface area contributed by atoms with E-state index in [2.05, 4.69) is 11.8 Å². The van der Waals surface area contributed by atoms with Gasteiger partial charge in [-0.2, -0.15) is 0 Å². The minimum atomic E-state index is 0.400. The fourth-order valence-electron chi connectivity index (χ4n) is 3.57. The molecule has 0 saturated heterocycles. The normalized spacial score (nSPS) is 26.6. The highest BCUT2D eigenvalue weighted by Gasteiger charge is 2.43. The molecule has 2 aliphatic carbocycles. The predicted octanol–water partition coefficient (Wildman–Crippen LogP) is 2.52. The Morgan fingerprint density at radius 1 is 1.13 bits per heavy atom. The second-order valence-corrected chi connectivity index (χ2v) is 5.36. The van der Waals surface area contributed by atoms with Crippen molar-refractivity contribution in [3.05, 3.63) is 0 Å². The highest BCUT2D eigenvalue weighted by molar-refractivity contribution is 5.01. The molecule has 15 heavy (non-hydrogen) atoms. The van der Waals surface area contributed by atoms with E-state index in [1.165, 1.54) is 57.9 Å². The van der Waals surface area contributed by atoms with Crippen LogP contribution in [0.2, 0.25) is 0 Å². The fourth-order valence-corrected chi connectivity index (χ4v) is 3.57. The number of likely N-dealkylation sites (N-methyl/N-ethyl adjacent to an activating group) is 1. The summed E-state index contributed by atoms with van der Waals surface area (Å²) in [7, 11) is 0. The first-order valence-electron chi connectivity index (χ1n) is 6.79. The van der Waals surface area contributed by atoms with Crippen LogP contribution in [0.3, 0.4) is 0 Å². The highest BCUT2D eigenvalue weighted by Crippen LogP contribution is 2.40. The van der Waals surface area contributed by atoms with Crippen molar-refractivity contribution in [1.82, 2.24) is 4.90 Å². The summed E-state index contributed by atoms with van der Waals surface area (Å²) in [5.41, 5.74) is 6.41. The van der Waals surface area contributed by atoms with Crippen LogP contribution in [0.1, 0.15) is 58.3 Å². The standard InChI is InChI=1S/C13H26N2/c1-2-15(12-7-4-3-5-8-12)13(11-14)9-6-10-13/h12H,2-11,14H2,1H3.